The largest absolute Gasteiger partial charge is 0.373 e. The second-order valence-electron chi connectivity index (χ2n) is 8.83. The van der Waals surface area contributed by atoms with E-state index >= 15 is 0 Å². The number of hydrogen-bond donors (Lipinski definition) is 1. The van der Waals surface area contributed by atoms with Crippen molar-refractivity contribution < 1.29 is 9.53 Å². The highest BCUT2D eigenvalue weighted by atomic mass is 32.1. The SMILES string of the molecule is Cc1nn(C)c2nc(C3CC3)cc(C(=O)Nc3nc(CN4CC(C)OC(C)C4)cs3)c12. The van der Waals surface area contributed by atoms with Crippen molar-refractivity contribution in [1.29, 1.82) is 0 Å². The molecule has 8 nitrogen and oxygen atoms in total. The molecule has 164 valence electrons. The van der Waals surface area contributed by atoms with Crippen LogP contribution in [-0.2, 0) is 18.3 Å². The highest BCUT2D eigenvalue weighted by Crippen LogP contribution is 2.40. The van der Waals surface area contributed by atoms with Crippen molar-refractivity contribution in [3.63, 3.8) is 0 Å². The predicted molar refractivity (Wildman–Crippen MR) is 121 cm³/mol. The van der Waals surface area contributed by atoms with Crippen molar-refractivity contribution in [2.24, 2.45) is 7.05 Å². The molecule has 0 spiro atoms. The molecule has 2 aliphatic rings. The summed E-state index contributed by atoms with van der Waals surface area (Å²) >= 11 is 1.46. The maximum absolute atomic E-state index is 13.2. The van der Waals surface area contributed by atoms with Crippen LogP contribution in [0.5, 0.6) is 0 Å². The quantitative estimate of drug-likeness (QED) is 0.654. The summed E-state index contributed by atoms with van der Waals surface area (Å²) < 4.78 is 7.57. The number of aryl methyl sites for hydroxylation is 2. The average molecular weight is 441 g/mol. The normalized spacial score (nSPS) is 22.2. The van der Waals surface area contributed by atoms with E-state index in [4.69, 9.17) is 9.72 Å². The second kappa shape index (κ2) is 7.96. The lowest BCUT2D eigenvalue weighted by Crippen LogP contribution is -2.44. The van der Waals surface area contributed by atoms with Gasteiger partial charge in [-0.25, -0.2) is 9.97 Å². The zero-order valence-corrected chi connectivity index (χ0v) is 19.2. The minimum atomic E-state index is -0.153. The third-order valence-corrected chi connectivity index (χ3v) is 6.69. The number of nitrogens with zero attached hydrogens (tertiary/aromatic N) is 5. The van der Waals surface area contributed by atoms with E-state index in [2.05, 4.69) is 34.1 Å². The van der Waals surface area contributed by atoms with Crippen LogP contribution in [-0.4, -0.2) is 55.9 Å². The highest BCUT2D eigenvalue weighted by Gasteiger charge is 2.29. The number of aromatic nitrogens is 4. The zero-order chi connectivity index (χ0) is 21.7. The van der Waals surface area contributed by atoms with E-state index in [9.17, 15) is 4.79 Å². The number of hydrogen-bond acceptors (Lipinski definition) is 7. The molecule has 1 saturated carbocycles. The third-order valence-electron chi connectivity index (χ3n) is 5.88. The van der Waals surface area contributed by atoms with Gasteiger partial charge < -0.3 is 4.74 Å². The van der Waals surface area contributed by atoms with E-state index in [1.165, 1.54) is 11.3 Å². The Morgan fingerprint density at radius 3 is 2.71 bits per heavy atom. The number of carbonyl (C=O) groups is 1. The first kappa shape index (κ1) is 20.5. The molecule has 31 heavy (non-hydrogen) atoms. The molecular weight excluding hydrogens is 412 g/mol. The smallest absolute Gasteiger partial charge is 0.258 e. The van der Waals surface area contributed by atoms with Gasteiger partial charge in [-0.1, -0.05) is 0 Å². The topological polar surface area (TPSA) is 85.2 Å². The Morgan fingerprint density at radius 2 is 2.00 bits per heavy atom. The molecule has 1 amide bonds. The van der Waals surface area contributed by atoms with E-state index in [1.54, 1.807) is 4.68 Å². The first-order chi connectivity index (χ1) is 14.9. The molecule has 1 aliphatic carbocycles. The number of amides is 1. The molecule has 0 bridgehead atoms. The summed E-state index contributed by atoms with van der Waals surface area (Å²) in [5, 5.41) is 11.0. The predicted octanol–water partition coefficient (Wildman–Crippen LogP) is 3.47. The van der Waals surface area contributed by atoms with Crippen LogP contribution in [0.3, 0.4) is 0 Å². The molecule has 1 saturated heterocycles. The van der Waals surface area contributed by atoms with E-state index < -0.39 is 0 Å². The molecule has 0 aromatic carbocycles. The van der Waals surface area contributed by atoms with Gasteiger partial charge in [0, 0.05) is 43.7 Å². The Morgan fingerprint density at radius 1 is 1.26 bits per heavy atom. The number of nitrogens with one attached hydrogen (secondary N) is 1. The molecular formula is C22H28N6O2S. The third kappa shape index (κ3) is 4.22. The fourth-order valence-corrected chi connectivity index (χ4v) is 5.17. The molecule has 2 unspecified atom stereocenters. The van der Waals surface area contributed by atoms with Gasteiger partial charge in [0.1, 0.15) is 0 Å². The maximum Gasteiger partial charge on any atom is 0.258 e. The number of rotatable bonds is 5. The van der Waals surface area contributed by atoms with Crippen molar-refractivity contribution >= 4 is 33.4 Å². The Balaban J connectivity index is 1.36. The lowest BCUT2D eigenvalue weighted by Gasteiger charge is -2.34. The van der Waals surface area contributed by atoms with Crippen molar-refractivity contribution in [2.45, 2.75) is 58.3 Å². The zero-order valence-electron chi connectivity index (χ0n) is 18.4. The van der Waals surface area contributed by atoms with Crippen LogP contribution >= 0.6 is 11.3 Å². The van der Waals surface area contributed by atoms with E-state index in [1.807, 2.05) is 25.4 Å². The van der Waals surface area contributed by atoms with Crippen LogP contribution in [0.2, 0.25) is 0 Å². The monoisotopic (exact) mass is 440 g/mol. The Bertz CT molecular complexity index is 1120. The molecule has 4 heterocycles. The summed E-state index contributed by atoms with van der Waals surface area (Å²) in [5.41, 5.74) is 4.16. The fraction of sp³-hybridized carbons (Fsp3) is 0.545. The van der Waals surface area contributed by atoms with Crippen LogP contribution in [0.15, 0.2) is 11.4 Å². The highest BCUT2D eigenvalue weighted by molar-refractivity contribution is 7.14. The number of carbonyl (C=O) groups excluding carboxylic acids is 1. The molecule has 5 rings (SSSR count). The van der Waals surface area contributed by atoms with Gasteiger partial charge in [-0.3, -0.25) is 19.7 Å². The second-order valence-corrected chi connectivity index (χ2v) is 9.68. The van der Waals surface area contributed by atoms with E-state index in [-0.39, 0.29) is 18.1 Å². The van der Waals surface area contributed by atoms with Crippen LogP contribution in [0, 0.1) is 6.92 Å². The molecule has 1 aliphatic heterocycles. The number of anilines is 1. The average Bonchev–Trinajstić information content (AvgIpc) is 3.40. The molecule has 1 N–H and O–H groups in total. The van der Waals surface area contributed by atoms with Gasteiger partial charge in [-0.05, 0) is 39.7 Å². The Labute approximate surface area is 185 Å². The van der Waals surface area contributed by atoms with Crippen LogP contribution in [0.1, 0.15) is 60.0 Å². The standard InChI is InChI=1S/C22H28N6O2S/c1-12-8-28(9-13(2)30-12)10-16-11-31-22(23-16)25-21(29)17-7-18(15-5-6-15)24-20-19(17)14(3)26-27(20)4/h7,11-13,15H,5-6,8-10H2,1-4H3,(H,23,25,29). The van der Waals surface area contributed by atoms with E-state index in [0.29, 0.717) is 16.6 Å². The van der Waals surface area contributed by atoms with Crippen molar-refractivity contribution in [2.75, 3.05) is 18.4 Å². The molecule has 0 radical (unpaired) electrons. The summed E-state index contributed by atoms with van der Waals surface area (Å²) in [5.74, 6) is 0.302. The number of thiazole rings is 1. The van der Waals surface area contributed by atoms with Crippen LogP contribution in [0.25, 0.3) is 11.0 Å². The number of morpholine rings is 1. The van der Waals surface area contributed by atoms with Gasteiger partial charge >= 0.3 is 0 Å². The molecule has 3 aromatic heterocycles. The Hall–Kier alpha value is -2.36. The first-order valence-corrected chi connectivity index (χ1v) is 11.7. The summed E-state index contributed by atoms with van der Waals surface area (Å²) in [4.78, 5) is 25.0. The molecule has 3 aromatic rings. The summed E-state index contributed by atoms with van der Waals surface area (Å²) in [6.45, 7) is 8.66. The van der Waals surface area contributed by atoms with Gasteiger partial charge in [0.2, 0.25) is 0 Å². The summed E-state index contributed by atoms with van der Waals surface area (Å²) in [6.07, 6.45) is 2.70. The van der Waals surface area contributed by atoms with Gasteiger partial charge in [0.15, 0.2) is 10.8 Å². The summed E-state index contributed by atoms with van der Waals surface area (Å²) in [7, 11) is 1.88. The van der Waals surface area contributed by atoms with Crippen molar-refractivity contribution in [3.8, 4) is 0 Å². The lowest BCUT2D eigenvalue weighted by atomic mass is 10.1. The van der Waals surface area contributed by atoms with Gasteiger partial charge in [-0.2, -0.15) is 5.10 Å². The van der Waals surface area contributed by atoms with Crippen molar-refractivity contribution in [1.82, 2.24) is 24.6 Å². The molecule has 9 heteroatoms. The van der Waals surface area contributed by atoms with Crippen LogP contribution < -0.4 is 5.32 Å². The van der Waals surface area contributed by atoms with Gasteiger partial charge in [0.25, 0.3) is 5.91 Å². The number of ether oxygens (including phenoxy) is 1. The number of pyridine rings is 1. The maximum atomic E-state index is 13.2. The lowest BCUT2D eigenvalue weighted by molar-refractivity contribution is -0.0707. The fourth-order valence-electron chi connectivity index (χ4n) is 4.48. The molecule has 2 atom stereocenters. The van der Waals surface area contributed by atoms with Crippen LogP contribution in [0.4, 0.5) is 5.13 Å². The van der Waals surface area contributed by atoms with E-state index in [0.717, 1.165) is 60.6 Å². The van der Waals surface area contributed by atoms with Gasteiger partial charge in [-0.15, -0.1) is 11.3 Å². The minimum absolute atomic E-state index is 0.153. The molecule has 2 fully saturated rings. The summed E-state index contributed by atoms with van der Waals surface area (Å²) in [6, 6.07) is 1.94. The van der Waals surface area contributed by atoms with Gasteiger partial charge in [0.05, 0.1) is 34.5 Å². The Kier molecular flexibility index (Phi) is 5.27. The van der Waals surface area contributed by atoms with Crippen molar-refractivity contribution in [3.05, 3.63) is 34.1 Å². The minimum Gasteiger partial charge on any atom is -0.373 e. The first-order valence-electron chi connectivity index (χ1n) is 10.8. The number of fused-ring (bicyclic) bond motifs is 1.